The first-order chi connectivity index (χ1) is 14.2. The number of hydrogen-bond acceptors (Lipinski definition) is 8. The predicted molar refractivity (Wildman–Crippen MR) is 107 cm³/mol. The molecule has 0 aromatic carbocycles. The largest absolute Gasteiger partial charge is 0.458 e. The summed E-state index contributed by atoms with van der Waals surface area (Å²) < 4.78 is 16.4. The van der Waals surface area contributed by atoms with Crippen LogP contribution in [0.1, 0.15) is 33.6 Å². The number of aliphatic hydroxyl groups excluding tert-OH is 2. The Labute approximate surface area is 175 Å². The van der Waals surface area contributed by atoms with E-state index in [-0.39, 0.29) is 17.8 Å². The zero-order chi connectivity index (χ0) is 22.4. The standard InChI is InChI=1S/C22H28O8/c1-12-5-6-17(28-15(4)25)16(11-24)10-19-20(14(3)22(27)30-19)18(9-12)29-21(26)13(2)7-8-23/h5,7,10,17-20,23-24H,3,6,8-9,11H2,1-2,4H3/b12-5+,13-7-,16-10+/t17-,18+,19-,20+/m0/s1. The molecule has 1 aliphatic heterocycles. The van der Waals surface area contributed by atoms with Crippen LogP contribution in [0.15, 0.2) is 47.1 Å². The maximum Gasteiger partial charge on any atom is 0.334 e. The van der Waals surface area contributed by atoms with Crippen molar-refractivity contribution < 1.29 is 38.8 Å². The average Bonchev–Trinajstić information content (AvgIpc) is 2.95. The topological polar surface area (TPSA) is 119 Å². The SMILES string of the molecule is C=C1C(=O)O[C@H]2/C=C(\CO)[C@@H](OC(C)=O)C/C=C(\C)C[C@@H](OC(=O)/C(C)=C\CO)[C@@H]12. The van der Waals surface area contributed by atoms with Gasteiger partial charge in [-0.1, -0.05) is 18.2 Å². The lowest BCUT2D eigenvalue weighted by Gasteiger charge is -2.29. The Balaban J connectivity index is 2.46. The van der Waals surface area contributed by atoms with Gasteiger partial charge in [0.05, 0.1) is 19.1 Å². The first kappa shape index (κ1) is 23.6. The van der Waals surface area contributed by atoms with Crippen LogP contribution in [-0.2, 0) is 28.6 Å². The normalized spacial score (nSPS) is 30.9. The quantitative estimate of drug-likeness (QED) is 0.297. The van der Waals surface area contributed by atoms with Gasteiger partial charge in [0.15, 0.2) is 0 Å². The molecule has 0 aromatic heterocycles. The van der Waals surface area contributed by atoms with Gasteiger partial charge in [-0.25, -0.2) is 9.59 Å². The van der Waals surface area contributed by atoms with E-state index in [0.717, 1.165) is 5.57 Å². The number of carbonyl (C=O) groups is 3. The van der Waals surface area contributed by atoms with E-state index in [2.05, 4.69) is 6.58 Å². The van der Waals surface area contributed by atoms with Gasteiger partial charge in [0.2, 0.25) is 0 Å². The lowest BCUT2D eigenvalue weighted by atomic mass is 9.85. The molecule has 30 heavy (non-hydrogen) atoms. The molecule has 1 aliphatic carbocycles. The lowest BCUT2D eigenvalue weighted by molar-refractivity contribution is -0.148. The molecule has 2 N–H and O–H groups in total. The van der Waals surface area contributed by atoms with E-state index < -0.39 is 48.7 Å². The van der Waals surface area contributed by atoms with E-state index in [0.29, 0.717) is 18.4 Å². The van der Waals surface area contributed by atoms with E-state index >= 15 is 0 Å². The number of esters is 3. The molecule has 1 saturated heterocycles. The Kier molecular flexibility index (Phi) is 8.14. The summed E-state index contributed by atoms with van der Waals surface area (Å²) in [5.41, 5.74) is 1.63. The monoisotopic (exact) mass is 420 g/mol. The summed E-state index contributed by atoms with van der Waals surface area (Å²) in [5, 5.41) is 18.9. The van der Waals surface area contributed by atoms with Crippen molar-refractivity contribution >= 4 is 17.9 Å². The zero-order valence-corrected chi connectivity index (χ0v) is 17.4. The van der Waals surface area contributed by atoms with Crippen LogP contribution in [0.4, 0.5) is 0 Å². The summed E-state index contributed by atoms with van der Waals surface area (Å²) >= 11 is 0. The van der Waals surface area contributed by atoms with Gasteiger partial charge in [-0.3, -0.25) is 4.79 Å². The number of hydrogen-bond donors (Lipinski definition) is 2. The highest BCUT2D eigenvalue weighted by Crippen LogP contribution is 2.36. The molecule has 1 fully saturated rings. The molecule has 8 heteroatoms. The van der Waals surface area contributed by atoms with Crippen molar-refractivity contribution in [1.82, 2.24) is 0 Å². The highest BCUT2D eigenvalue weighted by atomic mass is 16.6. The molecule has 0 spiro atoms. The van der Waals surface area contributed by atoms with Gasteiger partial charge >= 0.3 is 17.9 Å². The van der Waals surface area contributed by atoms with Crippen LogP contribution in [0.5, 0.6) is 0 Å². The van der Waals surface area contributed by atoms with E-state index in [1.54, 1.807) is 6.08 Å². The Hall–Kier alpha value is -2.71. The fourth-order valence-corrected chi connectivity index (χ4v) is 3.53. The summed E-state index contributed by atoms with van der Waals surface area (Å²) in [6.45, 7) is 7.75. The van der Waals surface area contributed by atoms with Crippen molar-refractivity contribution in [3.63, 3.8) is 0 Å². The summed E-state index contributed by atoms with van der Waals surface area (Å²) in [5.74, 6) is -2.41. The van der Waals surface area contributed by atoms with Crippen LogP contribution < -0.4 is 0 Å². The van der Waals surface area contributed by atoms with Crippen LogP contribution in [0.2, 0.25) is 0 Å². The van der Waals surface area contributed by atoms with Crippen LogP contribution in [0.3, 0.4) is 0 Å². The fourth-order valence-electron chi connectivity index (χ4n) is 3.53. The Morgan fingerprint density at radius 3 is 2.60 bits per heavy atom. The van der Waals surface area contributed by atoms with Gasteiger partial charge in [-0.15, -0.1) is 0 Å². The minimum Gasteiger partial charge on any atom is -0.458 e. The molecular weight excluding hydrogens is 392 g/mol. The molecule has 0 saturated carbocycles. The van der Waals surface area contributed by atoms with Crippen molar-refractivity contribution in [3.05, 3.63) is 47.1 Å². The molecule has 0 aromatic rings. The van der Waals surface area contributed by atoms with Gasteiger partial charge in [-0.05, 0) is 31.6 Å². The van der Waals surface area contributed by atoms with Crippen molar-refractivity contribution in [2.45, 2.75) is 51.9 Å². The molecular formula is C22H28O8. The second-order valence-corrected chi connectivity index (χ2v) is 7.42. The lowest BCUT2D eigenvalue weighted by Crippen LogP contribution is -2.34. The molecule has 2 aliphatic rings. The minimum atomic E-state index is -0.837. The molecule has 0 unspecified atom stereocenters. The van der Waals surface area contributed by atoms with Gasteiger partial charge in [0.1, 0.15) is 18.3 Å². The molecule has 0 radical (unpaired) electrons. The second-order valence-electron chi connectivity index (χ2n) is 7.42. The third-order valence-electron chi connectivity index (χ3n) is 5.13. The van der Waals surface area contributed by atoms with Crippen LogP contribution in [0, 0.1) is 5.92 Å². The molecule has 1 heterocycles. The summed E-state index contributed by atoms with van der Waals surface area (Å²) in [4.78, 5) is 36.2. The first-order valence-corrected chi connectivity index (χ1v) is 9.70. The Morgan fingerprint density at radius 1 is 1.30 bits per heavy atom. The number of rotatable bonds is 5. The zero-order valence-electron chi connectivity index (χ0n) is 17.4. The number of ether oxygens (including phenoxy) is 3. The van der Waals surface area contributed by atoms with Gasteiger partial charge in [0, 0.05) is 30.9 Å². The van der Waals surface area contributed by atoms with Crippen molar-refractivity contribution in [3.8, 4) is 0 Å². The third kappa shape index (κ3) is 5.67. The van der Waals surface area contributed by atoms with E-state index in [1.807, 2.05) is 13.0 Å². The molecule has 4 atom stereocenters. The number of carbonyl (C=O) groups excluding carboxylic acids is 3. The Morgan fingerprint density at radius 2 is 2.00 bits per heavy atom. The maximum atomic E-state index is 12.4. The minimum absolute atomic E-state index is 0.160. The summed E-state index contributed by atoms with van der Waals surface area (Å²) in [6.07, 6.45) is 3.05. The highest BCUT2D eigenvalue weighted by molar-refractivity contribution is 5.92. The number of aliphatic hydroxyl groups is 2. The van der Waals surface area contributed by atoms with Crippen molar-refractivity contribution in [2.24, 2.45) is 5.92 Å². The van der Waals surface area contributed by atoms with Gasteiger partial charge in [-0.2, -0.15) is 0 Å². The Bertz CT molecular complexity index is 804. The maximum absolute atomic E-state index is 12.4. The number of fused-ring (bicyclic) bond motifs is 1. The highest BCUT2D eigenvalue weighted by Gasteiger charge is 2.45. The smallest absolute Gasteiger partial charge is 0.334 e. The van der Waals surface area contributed by atoms with Gasteiger partial charge in [0.25, 0.3) is 0 Å². The summed E-state index contributed by atoms with van der Waals surface area (Å²) in [7, 11) is 0. The fraction of sp³-hybridized carbons (Fsp3) is 0.500. The van der Waals surface area contributed by atoms with Crippen LogP contribution in [0.25, 0.3) is 0 Å². The van der Waals surface area contributed by atoms with E-state index in [4.69, 9.17) is 19.3 Å². The van der Waals surface area contributed by atoms with Gasteiger partial charge < -0.3 is 24.4 Å². The molecule has 0 bridgehead atoms. The molecule has 164 valence electrons. The molecule has 8 nitrogen and oxygen atoms in total. The third-order valence-corrected chi connectivity index (χ3v) is 5.13. The second kappa shape index (κ2) is 10.4. The first-order valence-electron chi connectivity index (χ1n) is 9.70. The van der Waals surface area contributed by atoms with Crippen molar-refractivity contribution in [1.29, 1.82) is 0 Å². The summed E-state index contributed by atoms with van der Waals surface area (Å²) in [6, 6.07) is 0. The van der Waals surface area contributed by atoms with Crippen LogP contribution >= 0.6 is 0 Å². The average molecular weight is 420 g/mol. The molecule has 2 rings (SSSR count). The predicted octanol–water partition coefficient (Wildman–Crippen LogP) is 1.53. The van der Waals surface area contributed by atoms with Crippen LogP contribution in [-0.4, -0.2) is 59.6 Å². The van der Waals surface area contributed by atoms with E-state index in [1.165, 1.54) is 19.9 Å². The van der Waals surface area contributed by atoms with Crippen molar-refractivity contribution in [2.75, 3.05) is 13.2 Å². The molecule has 0 amide bonds. The van der Waals surface area contributed by atoms with E-state index in [9.17, 15) is 19.5 Å².